The minimum Gasteiger partial charge on any atom is -0.493 e. The zero-order valence-corrected chi connectivity index (χ0v) is 20.4. The fraction of sp³-hybridized carbons (Fsp3) is 0.238. The molecule has 0 saturated heterocycles. The molecule has 0 spiro atoms. The molecule has 31 heavy (non-hydrogen) atoms. The van der Waals surface area contributed by atoms with E-state index in [0.717, 1.165) is 4.47 Å². The predicted molar refractivity (Wildman–Crippen MR) is 124 cm³/mol. The number of hydrogen-bond acceptors (Lipinski definition) is 7. The van der Waals surface area contributed by atoms with Crippen LogP contribution in [0.25, 0.3) is 10.9 Å². The number of nitrogens with zero attached hydrogens (tertiary/aromatic N) is 3. The lowest BCUT2D eigenvalue weighted by atomic mass is 10.2. The van der Waals surface area contributed by atoms with Gasteiger partial charge in [-0.25, -0.2) is 9.78 Å². The molecule has 1 heterocycles. The van der Waals surface area contributed by atoms with Gasteiger partial charge in [0.2, 0.25) is 0 Å². The molecule has 0 fully saturated rings. The zero-order valence-electron chi connectivity index (χ0n) is 17.2. The molecule has 8 nitrogen and oxygen atoms in total. The zero-order chi connectivity index (χ0) is 22.7. The van der Waals surface area contributed by atoms with Crippen molar-refractivity contribution in [3.8, 4) is 11.5 Å². The Bertz CT molecular complexity index is 1240. The van der Waals surface area contributed by atoms with Crippen molar-refractivity contribution in [2.45, 2.75) is 20.0 Å². The Morgan fingerprint density at radius 1 is 1.19 bits per heavy atom. The minimum absolute atomic E-state index is 0.287. The molecular weight excluding hydrogens is 534 g/mol. The van der Waals surface area contributed by atoms with E-state index in [9.17, 15) is 9.59 Å². The summed E-state index contributed by atoms with van der Waals surface area (Å²) in [5, 5.41) is 4.76. The van der Waals surface area contributed by atoms with Crippen LogP contribution in [0.3, 0.4) is 0 Å². The van der Waals surface area contributed by atoms with Crippen LogP contribution in [0.4, 0.5) is 0 Å². The molecule has 0 saturated carbocycles. The van der Waals surface area contributed by atoms with E-state index in [1.54, 1.807) is 38.1 Å². The van der Waals surface area contributed by atoms with Gasteiger partial charge in [-0.15, -0.1) is 0 Å². The van der Waals surface area contributed by atoms with Gasteiger partial charge in [-0.3, -0.25) is 4.79 Å². The van der Waals surface area contributed by atoms with Crippen LogP contribution in [0.2, 0.25) is 0 Å². The summed E-state index contributed by atoms with van der Waals surface area (Å²) < 4.78 is 18.6. The topological polar surface area (TPSA) is 92.0 Å². The number of esters is 1. The maximum absolute atomic E-state index is 13.0. The van der Waals surface area contributed by atoms with Gasteiger partial charge in [-0.2, -0.15) is 9.78 Å². The number of halogens is 2. The highest BCUT2D eigenvalue weighted by molar-refractivity contribution is 9.10. The van der Waals surface area contributed by atoms with Crippen LogP contribution in [-0.4, -0.2) is 42.2 Å². The molecule has 0 N–H and O–H groups in total. The number of aryl methyl sites for hydroxylation is 1. The highest BCUT2D eigenvalue weighted by Gasteiger charge is 2.20. The van der Waals surface area contributed by atoms with Gasteiger partial charge in [0.25, 0.3) is 5.56 Å². The number of carbonyl (C=O) groups is 1. The summed E-state index contributed by atoms with van der Waals surface area (Å²) in [6.45, 7) is 3.26. The largest absolute Gasteiger partial charge is 0.493 e. The molecule has 2 aromatic carbocycles. The standard InChI is InChI=1S/C21H19Br2N3O5/c1-11(21(28)30-4)31-19-13(7-15(23)9-18(19)29-3)10-24-26-12(2)25-17-6-5-14(22)8-16(17)20(26)27/h5-11H,1-4H3/t11-/m0/s1. The van der Waals surface area contributed by atoms with Crippen molar-refractivity contribution in [3.63, 3.8) is 0 Å². The number of ether oxygens (including phenoxy) is 3. The summed E-state index contributed by atoms with van der Waals surface area (Å²) in [6.07, 6.45) is 0.573. The monoisotopic (exact) mass is 551 g/mol. The van der Waals surface area contributed by atoms with Crippen LogP contribution >= 0.6 is 31.9 Å². The van der Waals surface area contributed by atoms with Gasteiger partial charge < -0.3 is 14.2 Å². The van der Waals surface area contributed by atoms with E-state index in [4.69, 9.17) is 14.2 Å². The number of carbonyl (C=O) groups excluding carboxylic acids is 1. The van der Waals surface area contributed by atoms with Crippen molar-refractivity contribution in [3.05, 3.63) is 61.0 Å². The van der Waals surface area contributed by atoms with E-state index in [2.05, 4.69) is 41.9 Å². The number of aromatic nitrogens is 2. The van der Waals surface area contributed by atoms with Crippen molar-refractivity contribution < 1.29 is 19.0 Å². The van der Waals surface area contributed by atoms with Crippen molar-refractivity contribution in [1.29, 1.82) is 0 Å². The fourth-order valence-corrected chi connectivity index (χ4v) is 3.68. The summed E-state index contributed by atoms with van der Waals surface area (Å²) >= 11 is 6.79. The Kier molecular flexibility index (Phi) is 7.11. The number of rotatable bonds is 6. The fourth-order valence-electron chi connectivity index (χ4n) is 2.87. The smallest absolute Gasteiger partial charge is 0.346 e. The normalized spacial score (nSPS) is 12.2. The molecule has 0 radical (unpaired) electrons. The first-order chi connectivity index (χ1) is 14.7. The maximum Gasteiger partial charge on any atom is 0.346 e. The van der Waals surface area contributed by atoms with E-state index in [0.29, 0.717) is 32.5 Å². The second-order valence-corrected chi connectivity index (χ2v) is 8.32. The highest BCUT2D eigenvalue weighted by Crippen LogP contribution is 2.35. The van der Waals surface area contributed by atoms with Crippen LogP contribution in [0.5, 0.6) is 11.5 Å². The summed E-state index contributed by atoms with van der Waals surface area (Å²) in [5.74, 6) is 0.554. The predicted octanol–water partition coefficient (Wildman–Crippen LogP) is 4.06. The molecule has 0 amide bonds. The van der Waals surface area contributed by atoms with Crippen LogP contribution in [0.1, 0.15) is 18.3 Å². The molecule has 0 bridgehead atoms. The van der Waals surface area contributed by atoms with E-state index in [1.165, 1.54) is 25.1 Å². The van der Waals surface area contributed by atoms with Crippen molar-refractivity contribution >= 4 is 54.9 Å². The van der Waals surface area contributed by atoms with Crippen LogP contribution < -0.4 is 15.0 Å². The van der Waals surface area contributed by atoms with Crippen LogP contribution in [-0.2, 0) is 9.53 Å². The van der Waals surface area contributed by atoms with E-state index in [-0.39, 0.29) is 11.3 Å². The molecule has 0 unspecified atom stereocenters. The number of fused-ring (bicyclic) bond motifs is 1. The molecule has 0 aliphatic carbocycles. The quantitative estimate of drug-likeness (QED) is 0.338. The first kappa shape index (κ1) is 23.0. The summed E-state index contributed by atoms with van der Waals surface area (Å²) in [7, 11) is 2.77. The lowest BCUT2D eigenvalue weighted by molar-refractivity contribution is -0.147. The summed E-state index contributed by atoms with van der Waals surface area (Å²) in [5.41, 5.74) is 0.757. The van der Waals surface area contributed by atoms with Crippen LogP contribution in [0.15, 0.2) is 49.2 Å². The van der Waals surface area contributed by atoms with E-state index >= 15 is 0 Å². The first-order valence-corrected chi connectivity index (χ1v) is 10.7. The molecule has 162 valence electrons. The lowest BCUT2D eigenvalue weighted by Gasteiger charge is -2.17. The van der Waals surface area contributed by atoms with Crippen molar-refractivity contribution in [2.24, 2.45) is 5.10 Å². The van der Waals surface area contributed by atoms with Gasteiger partial charge in [0.15, 0.2) is 17.6 Å². The number of benzene rings is 2. The van der Waals surface area contributed by atoms with Gasteiger partial charge in [0.05, 0.1) is 31.3 Å². The van der Waals surface area contributed by atoms with Gasteiger partial charge in [0, 0.05) is 14.5 Å². The molecule has 3 aromatic rings. The Morgan fingerprint density at radius 3 is 2.61 bits per heavy atom. The molecule has 3 rings (SSSR count). The molecule has 0 aliphatic rings. The lowest BCUT2D eigenvalue weighted by Crippen LogP contribution is -2.25. The van der Waals surface area contributed by atoms with Gasteiger partial charge in [0.1, 0.15) is 5.82 Å². The average molecular weight is 553 g/mol. The van der Waals surface area contributed by atoms with E-state index in [1.807, 2.05) is 6.07 Å². The van der Waals surface area contributed by atoms with Crippen molar-refractivity contribution in [2.75, 3.05) is 14.2 Å². The maximum atomic E-state index is 13.0. The highest BCUT2D eigenvalue weighted by atomic mass is 79.9. The summed E-state index contributed by atoms with van der Waals surface area (Å²) in [4.78, 5) is 29.2. The molecule has 10 heteroatoms. The SMILES string of the molecule is COC(=O)[C@H](C)Oc1c(C=Nn2c(C)nc3ccc(Br)cc3c2=O)cc(Br)cc1OC. The Hall–Kier alpha value is -2.72. The minimum atomic E-state index is -0.878. The van der Waals surface area contributed by atoms with Crippen molar-refractivity contribution in [1.82, 2.24) is 9.66 Å². The first-order valence-electron chi connectivity index (χ1n) is 9.10. The summed E-state index contributed by atoms with van der Waals surface area (Å²) in [6, 6.07) is 8.72. The van der Waals surface area contributed by atoms with Gasteiger partial charge >= 0.3 is 5.97 Å². The van der Waals surface area contributed by atoms with Gasteiger partial charge in [-0.1, -0.05) is 31.9 Å². The second-order valence-electron chi connectivity index (χ2n) is 6.49. The Labute approximate surface area is 195 Å². The molecular formula is C21H19Br2N3O5. The molecule has 1 aromatic heterocycles. The average Bonchev–Trinajstić information content (AvgIpc) is 2.74. The number of hydrogen-bond donors (Lipinski definition) is 0. The third kappa shape index (κ3) is 4.96. The third-order valence-electron chi connectivity index (χ3n) is 4.38. The van der Waals surface area contributed by atoms with Crippen LogP contribution in [0, 0.1) is 6.92 Å². The third-order valence-corrected chi connectivity index (χ3v) is 5.33. The Morgan fingerprint density at radius 2 is 1.94 bits per heavy atom. The van der Waals surface area contributed by atoms with Gasteiger partial charge in [-0.05, 0) is 44.2 Å². The molecule has 0 aliphatic heterocycles. The molecule has 1 atom stereocenters. The second kappa shape index (κ2) is 9.61. The Balaban J connectivity index is 2.11. The van der Waals surface area contributed by atoms with E-state index < -0.39 is 12.1 Å². The number of methoxy groups -OCH3 is 2.